The van der Waals surface area contributed by atoms with Gasteiger partial charge in [-0.15, -0.1) is 11.8 Å². The van der Waals surface area contributed by atoms with Crippen LogP contribution in [0, 0.1) is 25.2 Å². The van der Waals surface area contributed by atoms with E-state index in [9.17, 15) is 14.9 Å². The van der Waals surface area contributed by atoms with Crippen LogP contribution in [-0.2, 0) is 16.2 Å². The number of fused-ring (bicyclic) bond motifs is 2. The summed E-state index contributed by atoms with van der Waals surface area (Å²) in [6, 6.07) is 20.4. The van der Waals surface area contributed by atoms with Crippen LogP contribution in [0.3, 0.4) is 0 Å². The van der Waals surface area contributed by atoms with Gasteiger partial charge >= 0.3 is 6.03 Å². The van der Waals surface area contributed by atoms with Crippen LogP contribution in [-0.4, -0.2) is 36.2 Å². The number of thioether (sulfide) groups is 1. The van der Waals surface area contributed by atoms with Gasteiger partial charge in [-0.3, -0.25) is 9.69 Å². The summed E-state index contributed by atoms with van der Waals surface area (Å²) in [6.45, 7) is 4.75. The van der Waals surface area contributed by atoms with Crippen LogP contribution in [0.25, 0.3) is 0 Å². The van der Waals surface area contributed by atoms with Crippen LogP contribution in [0.4, 0.5) is 16.2 Å². The Labute approximate surface area is 214 Å². The standard InChI is InChI=1S/C28H26N4O3S/c1-18-7-8-22(13-19(18)2)30-27(34)32-11-12-36-28(32)24-15-23(35-3)9-10-25(24)31(26(28)33)17-21-6-4-5-20(14-21)16-29/h4-10,13-15H,11-12,17H2,1-3H3,(H,30,34)/t28-/m1/s1. The summed E-state index contributed by atoms with van der Waals surface area (Å²) in [4.78, 5) is 29.9. The Hall–Kier alpha value is -3.96. The molecule has 1 fully saturated rings. The Balaban J connectivity index is 1.54. The topological polar surface area (TPSA) is 85.7 Å². The minimum atomic E-state index is -1.19. The third kappa shape index (κ3) is 3.86. The minimum Gasteiger partial charge on any atom is -0.497 e. The van der Waals surface area contributed by atoms with E-state index >= 15 is 0 Å². The zero-order chi connectivity index (χ0) is 25.4. The van der Waals surface area contributed by atoms with Crippen LogP contribution in [0.1, 0.15) is 27.8 Å². The lowest BCUT2D eigenvalue weighted by atomic mass is 10.1. The number of carbonyl (C=O) groups is 2. The van der Waals surface area contributed by atoms with Crippen molar-refractivity contribution in [2.45, 2.75) is 25.3 Å². The van der Waals surface area contributed by atoms with Crippen molar-refractivity contribution >= 4 is 35.1 Å². The van der Waals surface area contributed by atoms with Gasteiger partial charge in [0.2, 0.25) is 0 Å². The molecular formula is C28H26N4O3S. The first kappa shape index (κ1) is 23.8. The van der Waals surface area contributed by atoms with Crippen molar-refractivity contribution in [1.29, 1.82) is 5.26 Å². The van der Waals surface area contributed by atoms with Crippen LogP contribution in [0.2, 0.25) is 0 Å². The number of benzene rings is 3. The Kier molecular flexibility index (Phi) is 6.10. The first-order valence-electron chi connectivity index (χ1n) is 11.7. The predicted molar refractivity (Wildman–Crippen MR) is 141 cm³/mol. The number of hydrogen-bond acceptors (Lipinski definition) is 5. The summed E-state index contributed by atoms with van der Waals surface area (Å²) in [5.41, 5.74) is 5.77. The van der Waals surface area contributed by atoms with Gasteiger partial charge in [0.1, 0.15) is 5.75 Å². The number of amides is 3. The number of methoxy groups -OCH3 is 1. The highest BCUT2D eigenvalue weighted by molar-refractivity contribution is 8.01. The second kappa shape index (κ2) is 9.25. The molecule has 1 saturated heterocycles. The third-order valence-corrected chi connectivity index (χ3v) is 8.22. The van der Waals surface area contributed by atoms with Crippen LogP contribution in [0.5, 0.6) is 5.75 Å². The van der Waals surface area contributed by atoms with E-state index in [1.807, 2.05) is 62.4 Å². The maximum atomic E-state index is 14.2. The van der Waals surface area contributed by atoms with Gasteiger partial charge in [-0.05, 0) is 73.0 Å². The van der Waals surface area contributed by atoms with Gasteiger partial charge in [0.25, 0.3) is 5.91 Å². The second-order valence-corrected chi connectivity index (χ2v) is 10.2. The SMILES string of the molecule is COc1ccc2c(c1)[C@@]1(SCCN1C(=O)Nc1ccc(C)c(C)c1)C(=O)N2Cc1cccc(C#N)c1. The molecule has 8 heteroatoms. The molecule has 182 valence electrons. The zero-order valence-corrected chi connectivity index (χ0v) is 21.2. The molecule has 2 aliphatic rings. The van der Waals surface area contributed by atoms with Gasteiger partial charge in [0.05, 0.1) is 31.0 Å². The first-order valence-corrected chi connectivity index (χ1v) is 12.7. The summed E-state index contributed by atoms with van der Waals surface area (Å²) in [5, 5.41) is 12.3. The molecule has 3 amide bonds. The number of hydrogen-bond donors (Lipinski definition) is 1. The fraction of sp³-hybridized carbons (Fsp3) is 0.250. The number of nitriles is 1. The largest absolute Gasteiger partial charge is 0.497 e. The van der Waals surface area contributed by atoms with E-state index < -0.39 is 4.87 Å². The first-order chi connectivity index (χ1) is 17.4. The number of aryl methyl sites for hydroxylation is 2. The van der Waals surface area contributed by atoms with Crippen LogP contribution in [0.15, 0.2) is 60.7 Å². The number of nitrogens with one attached hydrogen (secondary N) is 1. The number of urea groups is 1. The Morgan fingerprint density at radius 3 is 2.72 bits per heavy atom. The van der Waals surface area contributed by atoms with E-state index in [1.165, 1.54) is 11.8 Å². The van der Waals surface area contributed by atoms with E-state index in [0.717, 1.165) is 27.9 Å². The molecule has 1 N–H and O–H groups in total. The number of carbonyl (C=O) groups excluding carboxylic acids is 2. The lowest BCUT2D eigenvalue weighted by molar-refractivity contribution is -0.123. The molecule has 5 rings (SSSR count). The average Bonchev–Trinajstić information content (AvgIpc) is 3.43. The van der Waals surface area contributed by atoms with Crippen molar-refractivity contribution < 1.29 is 14.3 Å². The third-order valence-electron chi connectivity index (χ3n) is 6.80. The summed E-state index contributed by atoms with van der Waals surface area (Å²) in [7, 11) is 1.59. The van der Waals surface area contributed by atoms with E-state index in [4.69, 9.17) is 4.74 Å². The average molecular weight is 499 g/mol. The molecule has 3 aromatic rings. The van der Waals surface area contributed by atoms with Crippen molar-refractivity contribution in [2.24, 2.45) is 0 Å². The van der Waals surface area contributed by atoms with Gasteiger partial charge in [-0.25, -0.2) is 4.79 Å². The van der Waals surface area contributed by atoms with E-state index in [2.05, 4.69) is 11.4 Å². The Bertz CT molecular complexity index is 1420. The van der Waals surface area contributed by atoms with Gasteiger partial charge < -0.3 is 15.0 Å². The van der Waals surface area contributed by atoms with E-state index in [1.54, 1.807) is 29.0 Å². The fourth-order valence-corrected chi connectivity index (χ4v) is 6.26. The molecule has 2 aliphatic heterocycles. The molecule has 0 aliphatic carbocycles. The number of rotatable bonds is 4. The molecule has 0 saturated carbocycles. The summed E-state index contributed by atoms with van der Waals surface area (Å²) < 4.78 is 5.48. The highest BCUT2D eigenvalue weighted by Crippen LogP contribution is 2.55. The monoisotopic (exact) mass is 498 g/mol. The highest BCUT2D eigenvalue weighted by atomic mass is 32.2. The number of nitrogens with zero attached hydrogens (tertiary/aromatic N) is 3. The lowest BCUT2D eigenvalue weighted by Gasteiger charge is -2.33. The second-order valence-electron chi connectivity index (χ2n) is 8.96. The smallest absolute Gasteiger partial charge is 0.323 e. The van der Waals surface area contributed by atoms with Crippen LogP contribution >= 0.6 is 11.8 Å². The number of ether oxygens (including phenoxy) is 1. The summed E-state index contributed by atoms with van der Waals surface area (Å²) in [6.07, 6.45) is 0. The number of anilines is 2. The molecule has 36 heavy (non-hydrogen) atoms. The van der Waals surface area contributed by atoms with Crippen molar-refractivity contribution in [2.75, 3.05) is 29.6 Å². The molecule has 0 radical (unpaired) electrons. The van der Waals surface area contributed by atoms with Gasteiger partial charge in [-0.2, -0.15) is 5.26 Å². The Morgan fingerprint density at radius 2 is 1.97 bits per heavy atom. The maximum absolute atomic E-state index is 14.2. The van der Waals surface area contributed by atoms with E-state index in [0.29, 0.717) is 35.8 Å². The van der Waals surface area contributed by atoms with Crippen molar-refractivity contribution in [3.8, 4) is 11.8 Å². The molecule has 1 atom stereocenters. The summed E-state index contributed by atoms with van der Waals surface area (Å²) >= 11 is 1.46. The predicted octanol–water partition coefficient (Wildman–Crippen LogP) is 5.16. The van der Waals surface area contributed by atoms with Crippen molar-refractivity contribution in [1.82, 2.24) is 4.90 Å². The quantitative estimate of drug-likeness (QED) is 0.537. The molecule has 2 heterocycles. The molecule has 1 spiro atoms. The molecule has 3 aromatic carbocycles. The van der Waals surface area contributed by atoms with Crippen LogP contribution < -0.4 is 15.0 Å². The molecule has 0 aromatic heterocycles. The molecule has 7 nitrogen and oxygen atoms in total. The molecule has 0 unspecified atom stereocenters. The zero-order valence-electron chi connectivity index (χ0n) is 20.4. The van der Waals surface area contributed by atoms with Crippen molar-refractivity contribution in [3.05, 3.63) is 88.5 Å². The van der Waals surface area contributed by atoms with E-state index in [-0.39, 0.29) is 11.9 Å². The van der Waals surface area contributed by atoms with Gasteiger partial charge in [-0.1, -0.05) is 18.2 Å². The van der Waals surface area contributed by atoms with Gasteiger partial charge in [0.15, 0.2) is 4.87 Å². The molecular weight excluding hydrogens is 472 g/mol. The highest BCUT2D eigenvalue weighted by Gasteiger charge is 2.59. The van der Waals surface area contributed by atoms with Crippen molar-refractivity contribution in [3.63, 3.8) is 0 Å². The normalized spacial score (nSPS) is 18.3. The maximum Gasteiger partial charge on any atom is 0.323 e. The minimum absolute atomic E-state index is 0.175. The lowest BCUT2D eigenvalue weighted by Crippen LogP contribution is -2.51. The molecule has 0 bridgehead atoms. The fourth-order valence-electron chi connectivity index (χ4n) is 4.81. The Morgan fingerprint density at radius 1 is 1.14 bits per heavy atom. The van der Waals surface area contributed by atoms with Gasteiger partial charge in [0, 0.05) is 23.5 Å². The summed E-state index contributed by atoms with van der Waals surface area (Å²) in [5.74, 6) is 1.07.